The van der Waals surface area contributed by atoms with Crippen molar-refractivity contribution in [2.75, 3.05) is 33.4 Å². The van der Waals surface area contributed by atoms with Crippen molar-refractivity contribution in [3.05, 3.63) is 0 Å². The standard InChI is InChI=1S/C14H25NO4/c1-18-14(5-2-6-14)11-13(17)15-7-3-12(4-8-15)19-10-9-16/h12,16H,2-11H2,1H3. The fourth-order valence-electron chi connectivity index (χ4n) is 2.90. The third kappa shape index (κ3) is 3.68. The number of aliphatic hydroxyl groups excluding tert-OH is 1. The maximum Gasteiger partial charge on any atom is 0.225 e. The third-order valence-electron chi connectivity index (χ3n) is 4.41. The maximum atomic E-state index is 12.3. The summed E-state index contributed by atoms with van der Waals surface area (Å²) in [4.78, 5) is 14.2. The highest BCUT2D eigenvalue weighted by Crippen LogP contribution is 2.38. The molecule has 0 atom stereocenters. The Morgan fingerprint density at radius 3 is 2.53 bits per heavy atom. The van der Waals surface area contributed by atoms with Crippen LogP contribution in [-0.4, -0.2) is 61.0 Å². The summed E-state index contributed by atoms with van der Waals surface area (Å²) in [6, 6.07) is 0. The average Bonchev–Trinajstić information content (AvgIpc) is 2.41. The Kier molecular flexibility index (Phi) is 5.19. The van der Waals surface area contributed by atoms with Crippen molar-refractivity contribution in [3.8, 4) is 0 Å². The van der Waals surface area contributed by atoms with Gasteiger partial charge in [-0.3, -0.25) is 4.79 Å². The van der Waals surface area contributed by atoms with Gasteiger partial charge in [-0.15, -0.1) is 0 Å². The normalized spacial score (nSPS) is 23.2. The van der Waals surface area contributed by atoms with Crippen molar-refractivity contribution in [1.82, 2.24) is 4.90 Å². The molecule has 2 rings (SSSR count). The van der Waals surface area contributed by atoms with E-state index in [0.29, 0.717) is 13.0 Å². The summed E-state index contributed by atoms with van der Waals surface area (Å²) in [5.74, 6) is 0.210. The number of methoxy groups -OCH3 is 1. The molecule has 0 bridgehead atoms. The quantitative estimate of drug-likeness (QED) is 0.781. The van der Waals surface area contributed by atoms with Gasteiger partial charge in [-0.25, -0.2) is 0 Å². The highest BCUT2D eigenvalue weighted by Gasteiger charge is 2.40. The van der Waals surface area contributed by atoms with Gasteiger partial charge in [0.1, 0.15) is 0 Å². The van der Waals surface area contributed by atoms with Gasteiger partial charge in [0.15, 0.2) is 0 Å². The van der Waals surface area contributed by atoms with E-state index in [1.807, 2.05) is 4.90 Å². The summed E-state index contributed by atoms with van der Waals surface area (Å²) < 4.78 is 11.0. The van der Waals surface area contributed by atoms with Crippen LogP contribution in [0.3, 0.4) is 0 Å². The van der Waals surface area contributed by atoms with Crippen LogP contribution in [0.25, 0.3) is 0 Å². The van der Waals surface area contributed by atoms with Crippen LogP contribution >= 0.6 is 0 Å². The molecule has 0 unspecified atom stereocenters. The number of carbonyl (C=O) groups excluding carboxylic acids is 1. The average molecular weight is 271 g/mol. The van der Waals surface area contributed by atoms with Gasteiger partial charge >= 0.3 is 0 Å². The molecule has 1 heterocycles. The van der Waals surface area contributed by atoms with E-state index in [2.05, 4.69) is 0 Å². The molecule has 0 aromatic carbocycles. The number of amides is 1. The molecule has 2 fully saturated rings. The number of likely N-dealkylation sites (tertiary alicyclic amines) is 1. The van der Waals surface area contributed by atoms with Gasteiger partial charge in [-0.05, 0) is 32.1 Å². The van der Waals surface area contributed by atoms with Crippen molar-refractivity contribution in [2.24, 2.45) is 0 Å². The number of piperidine rings is 1. The van der Waals surface area contributed by atoms with Gasteiger partial charge in [-0.2, -0.15) is 0 Å². The van der Waals surface area contributed by atoms with E-state index in [1.54, 1.807) is 7.11 Å². The number of hydrogen-bond acceptors (Lipinski definition) is 4. The summed E-state index contributed by atoms with van der Waals surface area (Å²) in [6.07, 6.45) is 5.62. The molecule has 5 nitrogen and oxygen atoms in total. The third-order valence-corrected chi connectivity index (χ3v) is 4.41. The summed E-state index contributed by atoms with van der Waals surface area (Å²) >= 11 is 0. The number of carbonyl (C=O) groups is 1. The number of aliphatic hydroxyl groups is 1. The summed E-state index contributed by atoms with van der Waals surface area (Å²) in [5.41, 5.74) is -0.179. The van der Waals surface area contributed by atoms with Crippen molar-refractivity contribution in [3.63, 3.8) is 0 Å². The lowest BCUT2D eigenvalue weighted by atomic mass is 9.77. The second-order valence-corrected chi connectivity index (χ2v) is 5.59. The molecule has 5 heteroatoms. The number of ether oxygens (including phenoxy) is 2. The Morgan fingerprint density at radius 2 is 2.05 bits per heavy atom. The first-order valence-corrected chi connectivity index (χ1v) is 7.24. The molecule has 1 aliphatic heterocycles. The molecule has 1 aliphatic carbocycles. The lowest BCUT2D eigenvalue weighted by Crippen LogP contribution is -2.47. The molecular formula is C14H25NO4. The minimum atomic E-state index is -0.179. The number of rotatable bonds is 6. The molecule has 0 aromatic rings. The Labute approximate surface area is 114 Å². The summed E-state index contributed by atoms with van der Waals surface area (Å²) in [5, 5.41) is 8.72. The SMILES string of the molecule is COC1(CC(=O)N2CCC(OCCO)CC2)CCC1. The van der Waals surface area contributed by atoms with Gasteiger partial charge in [0.05, 0.1) is 31.3 Å². The number of hydrogen-bond donors (Lipinski definition) is 1. The molecule has 1 saturated carbocycles. The van der Waals surface area contributed by atoms with E-state index < -0.39 is 0 Å². The predicted molar refractivity (Wildman–Crippen MR) is 70.8 cm³/mol. The van der Waals surface area contributed by atoms with Crippen LogP contribution in [0, 0.1) is 0 Å². The largest absolute Gasteiger partial charge is 0.394 e. The van der Waals surface area contributed by atoms with Gasteiger partial charge in [0.2, 0.25) is 5.91 Å². The zero-order chi connectivity index (χ0) is 13.7. The molecule has 0 aromatic heterocycles. The summed E-state index contributed by atoms with van der Waals surface area (Å²) in [7, 11) is 1.71. The predicted octanol–water partition coefficient (Wildman–Crippen LogP) is 0.945. The van der Waals surface area contributed by atoms with Crippen LogP contribution in [0.4, 0.5) is 0 Å². The van der Waals surface area contributed by atoms with E-state index in [0.717, 1.165) is 45.2 Å². The molecule has 1 N–H and O–H groups in total. The van der Waals surface area contributed by atoms with Crippen molar-refractivity contribution < 1.29 is 19.4 Å². The van der Waals surface area contributed by atoms with Crippen LogP contribution in [0.2, 0.25) is 0 Å². The van der Waals surface area contributed by atoms with Crippen LogP contribution in [-0.2, 0) is 14.3 Å². The lowest BCUT2D eigenvalue weighted by Gasteiger charge is -2.42. The Bertz CT molecular complexity index is 290. The lowest BCUT2D eigenvalue weighted by molar-refractivity contribution is -0.146. The Hall–Kier alpha value is -0.650. The van der Waals surface area contributed by atoms with Crippen LogP contribution in [0.1, 0.15) is 38.5 Å². The molecule has 110 valence electrons. The summed E-state index contributed by atoms with van der Waals surface area (Å²) in [6.45, 7) is 1.98. The molecule has 1 saturated heterocycles. The zero-order valence-corrected chi connectivity index (χ0v) is 11.8. The van der Waals surface area contributed by atoms with Crippen LogP contribution in [0.5, 0.6) is 0 Å². The second-order valence-electron chi connectivity index (χ2n) is 5.59. The second kappa shape index (κ2) is 6.68. The fourth-order valence-corrected chi connectivity index (χ4v) is 2.90. The molecule has 0 spiro atoms. The maximum absolute atomic E-state index is 12.3. The molecular weight excluding hydrogens is 246 g/mol. The van der Waals surface area contributed by atoms with Gasteiger partial charge in [-0.1, -0.05) is 0 Å². The highest BCUT2D eigenvalue weighted by atomic mass is 16.5. The van der Waals surface area contributed by atoms with E-state index in [4.69, 9.17) is 14.6 Å². The van der Waals surface area contributed by atoms with Crippen LogP contribution < -0.4 is 0 Å². The first kappa shape index (κ1) is 14.8. The fraction of sp³-hybridized carbons (Fsp3) is 0.929. The van der Waals surface area contributed by atoms with Gasteiger partial charge in [0, 0.05) is 20.2 Å². The van der Waals surface area contributed by atoms with E-state index in [-0.39, 0.29) is 24.2 Å². The molecule has 2 aliphatic rings. The molecule has 1 amide bonds. The van der Waals surface area contributed by atoms with E-state index in [1.165, 1.54) is 0 Å². The van der Waals surface area contributed by atoms with Crippen molar-refractivity contribution in [2.45, 2.75) is 50.2 Å². The van der Waals surface area contributed by atoms with Crippen LogP contribution in [0.15, 0.2) is 0 Å². The minimum Gasteiger partial charge on any atom is -0.394 e. The topological polar surface area (TPSA) is 59.0 Å². The first-order valence-electron chi connectivity index (χ1n) is 7.24. The Morgan fingerprint density at radius 1 is 1.37 bits per heavy atom. The molecule has 0 radical (unpaired) electrons. The minimum absolute atomic E-state index is 0.0650. The van der Waals surface area contributed by atoms with E-state index in [9.17, 15) is 4.79 Å². The van der Waals surface area contributed by atoms with Gasteiger partial charge < -0.3 is 19.5 Å². The smallest absolute Gasteiger partial charge is 0.225 e. The number of nitrogens with zero attached hydrogens (tertiary/aromatic N) is 1. The highest BCUT2D eigenvalue weighted by molar-refractivity contribution is 5.77. The monoisotopic (exact) mass is 271 g/mol. The molecule has 19 heavy (non-hydrogen) atoms. The van der Waals surface area contributed by atoms with Gasteiger partial charge in [0.25, 0.3) is 0 Å². The first-order chi connectivity index (χ1) is 9.19. The van der Waals surface area contributed by atoms with Crippen molar-refractivity contribution >= 4 is 5.91 Å². The van der Waals surface area contributed by atoms with E-state index >= 15 is 0 Å². The van der Waals surface area contributed by atoms with Crippen molar-refractivity contribution in [1.29, 1.82) is 0 Å². The zero-order valence-electron chi connectivity index (χ0n) is 11.8. The Balaban J connectivity index is 1.73.